The van der Waals surface area contributed by atoms with Crippen molar-refractivity contribution in [3.05, 3.63) is 29.3 Å². The zero-order chi connectivity index (χ0) is 13.5. The molecule has 106 valence electrons. The minimum absolute atomic E-state index is 1.00. The van der Waals surface area contributed by atoms with Gasteiger partial charge in [-0.25, -0.2) is 0 Å². The third kappa shape index (κ3) is 4.24. The van der Waals surface area contributed by atoms with E-state index in [4.69, 9.17) is 0 Å². The fourth-order valence-corrected chi connectivity index (χ4v) is 2.88. The first-order valence-corrected chi connectivity index (χ1v) is 7.86. The van der Waals surface area contributed by atoms with E-state index >= 15 is 0 Å². The fourth-order valence-electron chi connectivity index (χ4n) is 2.88. The van der Waals surface area contributed by atoms with Gasteiger partial charge in [0.25, 0.3) is 0 Å². The topological polar surface area (TPSA) is 15.3 Å². The molecule has 1 saturated heterocycles. The molecule has 0 saturated carbocycles. The van der Waals surface area contributed by atoms with Gasteiger partial charge in [-0.3, -0.25) is 0 Å². The number of aryl methyl sites for hydroxylation is 1. The average molecular weight is 260 g/mol. The molecule has 19 heavy (non-hydrogen) atoms. The van der Waals surface area contributed by atoms with Gasteiger partial charge in [0, 0.05) is 25.3 Å². The molecule has 2 heteroatoms. The third-order valence-electron chi connectivity index (χ3n) is 3.92. The molecule has 2 rings (SSSR count). The van der Waals surface area contributed by atoms with Crippen LogP contribution >= 0.6 is 0 Å². The van der Waals surface area contributed by atoms with Crippen molar-refractivity contribution in [3.63, 3.8) is 0 Å². The Bertz CT molecular complexity index is 379. The van der Waals surface area contributed by atoms with Crippen LogP contribution in [-0.4, -0.2) is 19.6 Å². The molecule has 1 aliphatic heterocycles. The van der Waals surface area contributed by atoms with Gasteiger partial charge in [0.05, 0.1) is 0 Å². The predicted octanol–water partition coefficient (Wildman–Crippen LogP) is 3.88. The summed E-state index contributed by atoms with van der Waals surface area (Å²) in [6.45, 7) is 8.97. The Morgan fingerprint density at radius 3 is 2.53 bits per heavy atom. The van der Waals surface area contributed by atoms with Gasteiger partial charge in [-0.2, -0.15) is 0 Å². The number of nitrogens with one attached hydrogen (secondary N) is 1. The Balaban J connectivity index is 2.12. The van der Waals surface area contributed by atoms with Gasteiger partial charge >= 0.3 is 0 Å². The minimum atomic E-state index is 1.00. The van der Waals surface area contributed by atoms with E-state index in [2.05, 4.69) is 42.3 Å². The maximum absolute atomic E-state index is 3.55. The maximum atomic E-state index is 3.55. The van der Waals surface area contributed by atoms with Crippen LogP contribution in [0.5, 0.6) is 0 Å². The van der Waals surface area contributed by atoms with Crippen molar-refractivity contribution in [1.29, 1.82) is 0 Å². The molecule has 0 amide bonds. The standard InChI is InChI=1S/C17H28N2/c1-3-10-18-14-16-13-15(2)8-9-17(16)19-11-6-4-5-7-12-19/h8-9,13,18H,3-7,10-12,14H2,1-2H3. The molecule has 0 radical (unpaired) electrons. The van der Waals surface area contributed by atoms with Gasteiger partial charge in [-0.1, -0.05) is 37.5 Å². The Kier molecular flexibility index (Phi) is 5.71. The highest BCUT2D eigenvalue weighted by Gasteiger charge is 2.13. The molecular weight excluding hydrogens is 232 g/mol. The molecule has 0 spiro atoms. The number of hydrogen-bond donors (Lipinski definition) is 1. The van der Waals surface area contributed by atoms with Crippen LogP contribution in [0.2, 0.25) is 0 Å². The van der Waals surface area contributed by atoms with E-state index < -0.39 is 0 Å². The van der Waals surface area contributed by atoms with Crippen molar-refractivity contribution in [3.8, 4) is 0 Å². The number of hydrogen-bond acceptors (Lipinski definition) is 2. The quantitative estimate of drug-likeness (QED) is 0.808. The van der Waals surface area contributed by atoms with Gasteiger partial charge in [-0.15, -0.1) is 0 Å². The molecule has 0 aromatic heterocycles. The molecule has 1 aliphatic rings. The molecule has 0 atom stereocenters. The van der Waals surface area contributed by atoms with Crippen LogP contribution < -0.4 is 10.2 Å². The van der Waals surface area contributed by atoms with Crippen LogP contribution in [-0.2, 0) is 6.54 Å². The first-order chi connectivity index (χ1) is 9.31. The zero-order valence-corrected chi connectivity index (χ0v) is 12.5. The summed E-state index contributed by atoms with van der Waals surface area (Å²) in [4.78, 5) is 2.59. The van der Waals surface area contributed by atoms with E-state index in [9.17, 15) is 0 Å². The number of anilines is 1. The smallest absolute Gasteiger partial charge is 0.0412 e. The van der Waals surface area contributed by atoms with Crippen LogP contribution in [0, 0.1) is 6.92 Å². The summed E-state index contributed by atoms with van der Waals surface area (Å²) in [7, 11) is 0. The SMILES string of the molecule is CCCNCc1cc(C)ccc1N1CCCCCC1. The molecule has 1 aromatic carbocycles. The van der Waals surface area contributed by atoms with E-state index in [0.717, 1.165) is 13.1 Å². The summed E-state index contributed by atoms with van der Waals surface area (Å²) in [6.07, 6.45) is 6.67. The van der Waals surface area contributed by atoms with Gasteiger partial charge in [0.2, 0.25) is 0 Å². The normalized spacial score (nSPS) is 16.4. The molecular formula is C17H28N2. The first-order valence-electron chi connectivity index (χ1n) is 7.86. The van der Waals surface area contributed by atoms with Crippen LogP contribution in [0.1, 0.15) is 50.2 Å². The third-order valence-corrected chi connectivity index (χ3v) is 3.92. The van der Waals surface area contributed by atoms with Crippen LogP contribution in [0.3, 0.4) is 0 Å². The highest BCUT2D eigenvalue weighted by Crippen LogP contribution is 2.25. The summed E-state index contributed by atoms with van der Waals surface area (Å²) in [5.74, 6) is 0. The van der Waals surface area contributed by atoms with Gasteiger partial charge < -0.3 is 10.2 Å². The van der Waals surface area contributed by atoms with Crippen LogP contribution in [0.15, 0.2) is 18.2 Å². The summed E-state index contributed by atoms with van der Waals surface area (Å²) >= 11 is 0. The first kappa shape index (κ1) is 14.4. The van der Waals surface area contributed by atoms with Crippen molar-refractivity contribution in [2.24, 2.45) is 0 Å². The summed E-state index contributed by atoms with van der Waals surface area (Å²) in [5, 5.41) is 3.55. The second-order valence-corrected chi connectivity index (χ2v) is 5.71. The maximum Gasteiger partial charge on any atom is 0.0412 e. The van der Waals surface area contributed by atoms with Gasteiger partial charge in [0.15, 0.2) is 0 Å². The lowest BCUT2D eigenvalue weighted by molar-refractivity contribution is 0.671. The molecule has 0 aliphatic carbocycles. The van der Waals surface area contributed by atoms with E-state index in [1.165, 1.54) is 62.0 Å². The zero-order valence-electron chi connectivity index (χ0n) is 12.5. The van der Waals surface area contributed by atoms with E-state index in [1.807, 2.05) is 0 Å². The summed E-state index contributed by atoms with van der Waals surface area (Å²) in [6, 6.07) is 6.93. The summed E-state index contributed by atoms with van der Waals surface area (Å²) < 4.78 is 0. The Morgan fingerprint density at radius 2 is 1.84 bits per heavy atom. The van der Waals surface area contributed by atoms with Crippen molar-refractivity contribution in [2.45, 2.75) is 52.5 Å². The lowest BCUT2D eigenvalue weighted by Gasteiger charge is -2.26. The fraction of sp³-hybridized carbons (Fsp3) is 0.647. The molecule has 1 N–H and O–H groups in total. The monoisotopic (exact) mass is 260 g/mol. The van der Waals surface area contributed by atoms with Crippen molar-refractivity contribution < 1.29 is 0 Å². The van der Waals surface area contributed by atoms with Crippen molar-refractivity contribution >= 4 is 5.69 Å². The van der Waals surface area contributed by atoms with Crippen LogP contribution in [0.4, 0.5) is 5.69 Å². The predicted molar refractivity (Wildman–Crippen MR) is 83.9 cm³/mol. The second-order valence-electron chi connectivity index (χ2n) is 5.71. The van der Waals surface area contributed by atoms with E-state index in [-0.39, 0.29) is 0 Å². The Labute approximate surface area is 118 Å². The van der Waals surface area contributed by atoms with Crippen molar-refractivity contribution in [2.75, 3.05) is 24.5 Å². The second kappa shape index (κ2) is 7.54. The molecule has 1 fully saturated rings. The minimum Gasteiger partial charge on any atom is -0.371 e. The average Bonchev–Trinajstić information content (AvgIpc) is 2.68. The molecule has 1 aromatic rings. The molecule has 2 nitrogen and oxygen atoms in total. The highest BCUT2D eigenvalue weighted by atomic mass is 15.1. The Morgan fingerprint density at radius 1 is 1.11 bits per heavy atom. The van der Waals surface area contributed by atoms with Crippen molar-refractivity contribution in [1.82, 2.24) is 5.32 Å². The van der Waals surface area contributed by atoms with E-state index in [1.54, 1.807) is 0 Å². The number of nitrogens with zero attached hydrogens (tertiary/aromatic N) is 1. The molecule has 1 heterocycles. The number of benzene rings is 1. The number of rotatable bonds is 5. The lowest BCUT2D eigenvalue weighted by Crippen LogP contribution is -2.26. The molecule has 0 unspecified atom stereocenters. The van der Waals surface area contributed by atoms with E-state index in [0.29, 0.717) is 0 Å². The largest absolute Gasteiger partial charge is 0.371 e. The van der Waals surface area contributed by atoms with Crippen LogP contribution in [0.25, 0.3) is 0 Å². The van der Waals surface area contributed by atoms with Gasteiger partial charge in [-0.05, 0) is 44.4 Å². The Hall–Kier alpha value is -1.02. The lowest BCUT2D eigenvalue weighted by atomic mass is 10.1. The summed E-state index contributed by atoms with van der Waals surface area (Å²) in [5.41, 5.74) is 4.29. The molecule has 0 bridgehead atoms. The highest BCUT2D eigenvalue weighted by molar-refractivity contribution is 5.55. The van der Waals surface area contributed by atoms with Gasteiger partial charge in [0.1, 0.15) is 0 Å².